The van der Waals surface area contributed by atoms with E-state index in [4.69, 9.17) is 11.6 Å². The van der Waals surface area contributed by atoms with Crippen LogP contribution in [0.2, 0.25) is 5.02 Å². The number of hydrogen-bond donors (Lipinski definition) is 1. The molecule has 0 radical (unpaired) electrons. The Balaban J connectivity index is 1.31. The van der Waals surface area contributed by atoms with Gasteiger partial charge in [-0.05, 0) is 54.5 Å². The van der Waals surface area contributed by atoms with Crippen molar-refractivity contribution in [2.75, 3.05) is 6.54 Å². The van der Waals surface area contributed by atoms with Crippen LogP contribution in [-0.4, -0.2) is 33.2 Å². The van der Waals surface area contributed by atoms with Gasteiger partial charge in [-0.3, -0.25) is 9.48 Å². The normalized spacial score (nSPS) is 17.9. The zero-order valence-corrected chi connectivity index (χ0v) is 18.5. The van der Waals surface area contributed by atoms with Crippen LogP contribution in [0.1, 0.15) is 44.9 Å². The van der Waals surface area contributed by atoms with E-state index in [-0.39, 0.29) is 5.91 Å². The average molecular weight is 435 g/mol. The highest BCUT2D eigenvalue weighted by molar-refractivity contribution is 6.30. The summed E-state index contributed by atoms with van der Waals surface area (Å²) in [5.74, 6) is 0.0573. The van der Waals surface area contributed by atoms with Gasteiger partial charge in [-0.2, -0.15) is 5.10 Å². The molecule has 0 fully saturated rings. The third-order valence-corrected chi connectivity index (χ3v) is 6.79. The van der Waals surface area contributed by atoms with Crippen LogP contribution in [0.5, 0.6) is 0 Å². The zero-order chi connectivity index (χ0) is 21.4. The van der Waals surface area contributed by atoms with E-state index in [0.29, 0.717) is 18.3 Å². The summed E-state index contributed by atoms with van der Waals surface area (Å²) in [6.45, 7) is 2.18. The molecule has 6 heteroatoms. The highest BCUT2D eigenvalue weighted by atomic mass is 35.5. The second-order valence-electron chi connectivity index (χ2n) is 8.59. The van der Waals surface area contributed by atoms with E-state index in [1.54, 1.807) is 0 Å². The van der Waals surface area contributed by atoms with Gasteiger partial charge in [0, 0.05) is 49.0 Å². The molecule has 0 bridgehead atoms. The molecule has 3 aromatic rings. The molecule has 2 heterocycles. The molecule has 1 atom stereocenters. The molecule has 0 saturated heterocycles. The van der Waals surface area contributed by atoms with E-state index in [1.807, 2.05) is 40.9 Å². The standard InChI is InChI=1S/C25H27ClN4O/c1-29-23-10-9-21(27-15-17-5-4-8-20(26)13-17)14-22(23)24(28-29)25(31)30-12-11-18-6-2-3-7-19(18)16-30/h2-8,13,21,27H,9-12,14-16H2,1H3. The first-order valence-corrected chi connectivity index (χ1v) is 11.3. The largest absolute Gasteiger partial charge is 0.333 e. The van der Waals surface area contributed by atoms with Crippen LogP contribution in [0.4, 0.5) is 0 Å². The lowest BCUT2D eigenvalue weighted by molar-refractivity contribution is 0.0726. The SMILES string of the molecule is Cn1nc(C(=O)N2CCc3ccccc3C2)c2c1CCC(NCc1cccc(Cl)c1)C2. The number of nitrogens with zero attached hydrogens (tertiary/aromatic N) is 3. The molecule has 1 amide bonds. The number of aromatic nitrogens is 2. The van der Waals surface area contributed by atoms with Crippen LogP contribution in [0.15, 0.2) is 48.5 Å². The molecule has 2 aromatic carbocycles. The number of hydrogen-bond acceptors (Lipinski definition) is 3. The maximum atomic E-state index is 13.4. The number of benzene rings is 2. The molecule has 1 aromatic heterocycles. The Morgan fingerprint density at radius 3 is 2.84 bits per heavy atom. The molecule has 160 valence electrons. The second-order valence-corrected chi connectivity index (χ2v) is 9.03. The Hall–Kier alpha value is -2.63. The summed E-state index contributed by atoms with van der Waals surface area (Å²) in [7, 11) is 1.96. The maximum absolute atomic E-state index is 13.4. The quantitative estimate of drug-likeness (QED) is 0.677. The summed E-state index contributed by atoms with van der Waals surface area (Å²) < 4.78 is 1.91. The molecule has 1 aliphatic carbocycles. The van der Waals surface area contributed by atoms with Crippen molar-refractivity contribution in [1.82, 2.24) is 20.0 Å². The fraction of sp³-hybridized carbons (Fsp3) is 0.360. The third kappa shape index (κ3) is 4.12. The summed E-state index contributed by atoms with van der Waals surface area (Å²) in [6, 6.07) is 16.7. The van der Waals surface area contributed by atoms with Gasteiger partial charge in [0.1, 0.15) is 0 Å². The van der Waals surface area contributed by atoms with Gasteiger partial charge in [-0.15, -0.1) is 0 Å². The number of carbonyl (C=O) groups is 1. The molecule has 31 heavy (non-hydrogen) atoms. The zero-order valence-electron chi connectivity index (χ0n) is 17.8. The van der Waals surface area contributed by atoms with Gasteiger partial charge in [-0.1, -0.05) is 48.0 Å². The lowest BCUT2D eigenvalue weighted by Crippen LogP contribution is -2.38. The molecular weight excluding hydrogens is 408 g/mol. The van der Waals surface area contributed by atoms with Gasteiger partial charge in [-0.25, -0.2) is 0 Å². The van der Waals surface area contributed by atoms with Crippen LogP contribution in [0.3, 0.4) is 0 Å². The van der Waals surface area contributed by atoms with Gasteiger partial charge in [0.2, 0.25) is 0 Å². The van der Waals surface area contributed by atoms with Crippen molar-refractivity contribution in [3.63, 3.8) is 0 Å². The fourth-order valence-electron chi connectivity index (χ4n) is 4.86. The highest BCUT2D eigenvalue weighted by Gasteiger charge is 2.31. The van der Waals surface area contributed by atoms with Gasteiger partial charge in [0.25, 0.3) is 5.91 Å². The van der Waals surface area contributed by atoms with E-state index in [2.05, 4.69) is 34.7 Å². The monoisotopic (exact) mass is 434 g/mol. The smallest absolute Gasteiger partial charge is 0.274 e. The van der Waals surface area contributed by atoms with Gasteiger partial charge < -0.3 is 10.2 Å². The Morgan fingerprint density at radius 1 is 1.16 bits per heavy atom. The van der Waals surface area contributed by atoms with Gasteiger partial charge in [0.15, 0.2) is 5.69 Å². The van der Waals surface area contributed by atoms with Crippen LogP contribution in [0, 0.1) is 0 Å². The lowest BCUT2D eigenvalue weighted by atomic mass is 9.90. The van der Waals surface area contributed by atoms with E-state index < -0.39 is 0 Å². The van der Waals surface area contributed by atoms with Crippen molar-refractivity contribution in [3.8, 4) is 0 Å². The molecule has 5 nitrogen and oxygen atoms in total. The van der Waals surface area contributed by atoms with Crippen LogP contribution in [-0.2, 0) is 39.4 Å². The van der Waals surface area contributed by atoms with E-state index >= 15 is 0 Å². The second kappa shape index (κ2) is 8.48. The summed E-state index contributed by atoms with van der Waals surface area (Å²) in [5, 5.41) is 9.08. The summed E-state index contributed by atoms with van der Waals surface area (Å²) in [6.07, 6.45) is 3.70. The summed E-state index contributed by atoms with van der Waals surface area (Å²) in [4.78, 5) is 15.4. The minimum absolute atomic E-state index is 0.0573. The molecule has 1 N–H and O–H groups in total. The van der Waals surface area contributed by atoms with Gasteiger partial charge >= 0.3 is 0 Å². The maximum Gasteiger partial charge on any atom is 0.274 e. The minimum Gasteiger partial charge on any atom is -0.333 e. The molecular formula is C25H27ClN4O. The number of rotatable bonds is 4. The molecule has 0 spiro atoms. The number of aryl methyl sites for hydroxylation is 1. The molecule has 1 unspecified atom stereocenters. The van der Waals surface area contributed by atoms with E-state index in [1.165, 1.54) is 22.4 Å². The van der Waals surface area contributed by atoms with Crippen molar-refractivity contribution < 1.29 is 4.79 Å². The average Bonchev–Trinajstić information content (AvgIpc) is 3.12. The summed E-state index contributed by atoms with van der Waals surface area (Å²) in [5.41, 5.74) is 6.70. The predicted molar refractivity (Wildman–Crippen MR) is 122 cm³/mol. The van der Waals surface area contributed by atoms with Crippen LogP contribution >= 0.6 is 11.6 Å². The number of nitrogens with one attached hydrogen (secondary N) is 1. The molecule has 2 aliphatic rings. The van der Waals surface area contributed by atoms with Crippen LogP contribution in [0.25, 0.3) is 0 Å². The van der Waals surface area contributed by atoms with Crippen molar-refractivity contribution >= 4 is 17.5 Å². The predicted octanol–water partition coefficient (Wildman–Crippen LogP) is 3.92. The molecule has 5 rings (SSSR count). The number of halogens is 1. The summed E-state index contributed by atoms with van der Waals surface area (Å²) >= 11 is 6.12. The third-order valence-electron chi connectivity index (χ3n) is 6.56. The molecule has 0 saturated carbocycles. The first kappa shape index (κ1) is 20.3. The number of fused-ring (bicyclic) bond motifs is 2. The number of carbonyl (C=O) groups excluding carboxylic acids is 1. The topological polar surface area (TPSA) is 50.2 Å². The first-order valence-electron chi connectivity index (χ1n) is 11.0. The lowest BCUT2D eigenvalue weighted by Gasteiger charge is -2.29. The van der Waals surface area contributed by atoms with Crippen molar-refractivity contribution in [1.29, 1.82) is 0 Å². The van der Waals surface area contributed by atoms with E-state index in [0.717, 1.165) is 49.4 Å². The van der Waals surface area contributed by atoms with Crippen molar-refractivity contribution in [3.05, 3.63) is 87.2 Å². The van der Waals surface area contributed by atoms with Crippen molar-refractivity contribution in [2.24, 2.45) is 7.05 Å². The Labute approximate surface area is 188 Å². The highest BCUT2D eigenvalue weighted by Crippen LogP contribution is 2.27. The molecule has 1 aliphatic heterocycles. The Bertz CT molecular complexity index is 1120. The van der Waals surface area contributed by atoms with Crippen LogP contribution < -0.4 is 5.32 Å². The van der Waals surface area contributed by atoms with E-state index in [9.17, 15) is 4.79 Å². The van der Waals surface area contributed by atoms with Gasteiger partial charge in [0.05, 0.1) is 0 Å². The minimum atomic E-state index is 0.0573. The Kier molecular flexibility index (Phi) is 5.55. The van der Waals surface area contributed by atoms with Crippen molar-refractivity contribution in [2.45, 2.75) is 44.8 Å². The fourth-order valence-corrected chi connectivity index (χ4v) is 5.08. The Morgan fingerprint density at radius 2 is 2.00 bits per heavy atom. The first-order chi connectivity index (χ1) is 15.1. The number of amides is 1.